The summed E-state index contributed by atoms with van der Waals surface area (Å²) in [5.41, 5.74) is 7.06. The lowest BCUT2D eigenvalue weighted by Gasteiger charge is -2.34. The SMILES string of the molecule is COCCN1CCC(CN(C)c2cc(C3CC(N)C3)ncn2)CC1. The lowest BCUT2D eigenvalue weighted by atomic mass is 9.78. The van der Waals surface area contributed by atoms with Crippen molar-refractivity contribution in [2.24, 2.45) is 11.7 Å². The van der Waals surface area contributed by atoms with E-state index in [4.69, 9.17) is 10.5 Å². The Kier molecular flexibility index (Phi) is 6.03. The smallest absolute Gasteiger partial charge is 0.131 e. The van der Waals surface area contributed by atoms with E-state index in [1.54, 1.807) is 13.4 Å². The van der Waals surface area contributed by atoms with Crippen LogP contribution in [0.25, 0.3) is 0 Å². The molecule has 134 valence electrons. The minimum atomic E-state index is 0.356. The Morgan fingerprint density at radius 3 is 2.71 bits per heavy atom. The Morgan fingerprint density at radius 1 is 1.29 bits per heavy atom. The van der Waals surface area contributed by atoms with Crippen molar-refractivity contribution in [3.63, 3.8) is 0 Å². The van der Waals surface area contributed by atoms with Gasteiger partial charge in [0.15, 0.2) is 0 Å². The van der Waals surface area contributed by atoms with Crippen molar-refractivity contribution in [2.45, 2.75) is 37.6 Å². The molecule has 2 N–H and O–H groups in total. The quantitative estimate of drug-likeness (QED) is 0.815. The predicted octanol–water partition coefficient (Wildman–Crippen LogP) is 1.48. The first-order chi connectivity index (χ1) is 11.7. The van der Waals surface area contributed by atoms with Crippen LogP contribution in [0.2, 0.25) is 0 Å². The van der Waals surface area contributed by atoms with Gasteiger partial charge in [-0.3, -0.25) is 0 Å². The van der Waals surface area contributed by atoms with Crippen molar-refractivity contribution in [1.29, 1.82) is 0 Å². The molecule has 1 saturated heterocycles. The van der Waals surface area contributed by atoms with Gasteiger partial charge in [-0.15, -0.1) is 0 Å². The molecule has 0 radical (unpaired) electrons. The molecule has 0 atom stereocenters. The van der Waals surface area contributed by atoms with Gasteiger partial charge in [0.05, 0.1) is 6.61 Å². The van der Waals surface area contributed by atoms with Crippen molar-refractivity contribution in [3.05, 3.63) is 18.1 Å². The molecule has 24 heavy (non-hydrogen) atoms. The Balaban J connectivity index is 1.48. The summed E-state index contributed by atoms with van der Waals surface area (Å²) in [6.45, 7) is 5.31. The van der Waals surface area contributed by atoms with Crippen molar-refractivity contribution in [2.75, 3.05) is 51.8 Å². The molecule has 1 aliphatic carbocycles. The zero-order valence-electron chi connectivity index (χ0n) is 15.0. The van der Waals surface area contributed by atoms with Crippen LogP contribution in [0.5, 0.6) is 0 Å². The van der Waals surface area contributed by atoms with Gasteiger partial charge in [-0.05, 0) is 44.7 Å². The molecule has 2 heterocycles. The maximum atomic E-state index is 5.90. The van der Waals surface area contributed by atoms with E-state index in [9.17, 15) is 0 Å². The van der Waals surface area contributed by atoms with E-state index >= 15 is 0 Å². The zero-order chi connectivity index (χ0) is 16.9. The van der Waals surface area contributed by atoms with Gasteiger partial charge in [-0.2, -0.15) is 0 Å². The van der Waals surface area contributed by atoms with E-state index in [1.165, 1.54) is 25.9 Å². The number of anilines is 1. The van der Waals surface area contributed by atoms with E-state index in [2.05, 4.69) is 32.9 Å². The standard InChI is InChI=1S/C18H31N5O/c1-22(12-14-3-5-23(6-4-14)7-8-24-2)18-11-17(20-13-21-18)15-9-16(19)10-15/h11,13-16H,3-10,12,19H2,1-2H3. The number of methoxy groups -OCH3 is 1. The number of nitrogens with zero attached hydrogens (tertiary/aromatic N) is 4. The fourth-order valence-corrected chi connectivity index (χ4v) is 3.79. The van der Waals surface area contributed by atoms with Gasteiger partial charge < -0.3 is 20.3 Å². The molecule has 1 saturated carbocycles. The van der Waals surface area contributed by atoms with Crippen molar-refractivity contribution >= 4 is 5.82 Å². The normalized spacial score (nSPS) is 25.5. The number of likely N-dealkylation sites (tertiary alicyclic amines) is 1. The van der Waals surface area contributed by atoms with Gasteiger partial charge in [0.25, 0.3) is 0 Å². The molecule has 0 aromatic carbocycles. The average Bonchev–Trinajstić information content (AvgIpc) is 2.58. The monoisotopic (exact) mass is 333 g/mol. The number of piperidine rings is 1. The van der Waals surface area contributed by atoms with Crippen LogP contribution in [-0.4, -0.2) is 67.9 Å². The van der Waals surface area contributed by atoms with Gasteiger partial charge in [-0.1, -0.05) is 0 Å². The van der Waals surface area contributed by atoms with Crippen LogP contribution in [0.1, 0.15) is 37.3 Å². The first-order valence-corrected chi connectivity index (χ1v) is 9.15. The molecule has 2 aliphatic rings. The summed E-state index contributed by atoms with van der Waals surface area (Å²) in [6.07, 6.45) is 6.32. The van der Waals surface area contributed by atoms with Crippen LogP contribution in [0.4, 0.5) is 5.82 Å². The molecular formula is C18H31N5O. The molecule has 0 spiro atoms. The summed E-state index contributed by atoms with van der Waals surface area (Å²) in [6, 6.07) is 2.51. The van der Waals surface area contributed by atoms with E-state index in [-0.39, 0.29) is 0 Å². The summed E-state index contributed by atoms with van der Waals surface area (Å²) in [4.78, 5) is 13.7. The highest BCUT2D eigenvalue weighted by molar-refractivity contribution is 5.39. The van der Waals surface area contributed by atoms with E-state index in [0.717, 1.165) is 50.0 Å². The molecule has 0 amide bonds. The minimum absolute atomic E-state index is 0.356. The largest absolute Gasteiger partial charge is 0.383 e. The van der Waals surface area contributed by atoms with E-state index in [1.807, 2.05) is 0 Å². The highest BCUT2D eigenvalue weighted by atomic mass is 16.5. The number of ether oxygens (including phenoxy) is 1. The van der Waals surface area contributed by atoms with Crippen LogP contribution in [-0.2, 0) is 4.74 Å². The summed E-state index contributed by atoms with van der Waals surface area (Å²) < 4.78 is 5.17. The van der Waals surface area contributed by atoms with Crippen molar-refractivity contribution in [3.8, 4) is 0 Å². The summed E-state index contributed by atoms with van der Waals surface area (Å²) in [5, 5.41) is 0. The lowest BCUT2D eigenvalue weighted by molar-refractivity contribution is 0.121. The fourth-order valence-electron chi connectivity index (χ4n) is 3.79. The van der Waals surface area contributed by atoms with Gasteiger partial charge in [-0.25, -0.2) is 9.97 Å². The second-order valence-electron chi connectivity index (χ2n) is 7.39. The number of hydrogen-bond donors (Lipinski definition) is 1. The lowest BCUT2D eigenvalue weighted by Crippen LogP contribution is -2.39. The summed E-state index contributed by atoms with van der Waals surface area (Å²) in [5.74, 6) is 2.31. The Labute approximate surface area is 145 Å². The van der Waals surface area contributed by atoms with Crippen molar-refractivity contribution < 1.29 is 4.74 Å². The van der Waals surface area contributed by atoms with Crippen LogP contribution in [0.3, 0.4) is 0 Å². The highest BCUT2D eigenvalue weighted by Crippen LogP contribution is 2.35. The highest BCUT2D eigenvalue weighted by Gasteiger charge is 2.29. The molecule has 6 nitrogen and oxygen atoms in total. The topological polar surface area (TPSA) is 67.5 Å². The third kappa shape index (κ3) is 4.43. The molecule has 0 bridgehead atoms. The minimum Gasteiger partial charge on any atom is -0.383 e. The van der Waals surface area contributed by atoms with Crippen LogP contribution >= 0.6 is 0 Å². The van der Waals surface area contributed by atoms with Crippen LogP contribution in [0.15, 0.2) is 12.4 Å². The summed E-state index contributed by atoms with van der Waals surface area (Å²) in [7, 11) is 3.92. The first-order valence-electron chi connectivity index (χ1n) is 9.15. The Hall–Kier alpha value is -1.24. The van der Waals surface area contributed by atoms with Gasteiger partial charge in [0.2, 0.25) is 0 Å². The Morgan fingerprint density at radius 2 is 2.04 bits per heavy atom. The Bertz CT molecular complexity index is 512. The van der Waals surface area contributed by atoms with Gasteiger partial charge in [0, 0.05) is 51.0 Å². The van der Waals surface area contributed by atoms with Gasteiger partial charge in [0.1, 0.15) is 12.1 Å². The average molecular weight is 333 g/mol. The number of hydrogen-bond acceptors (Lipinski definition) is 6. The third-order valence-electron chi connectivity index (χ3n) is 5.51. The van der Waals surface area contributed by atoms with E-state index in [0.29, 0.717) is 12.0 Å². The molecule has 1 aromatic heterocycles. The summed E-state index contributed by atoms with van der Waals surface area (Å²) >= 11 is 0. The second-order valence-corrected chi connectivity index (χ2v) is 7.39. The molecule has 1 aromatic rings. The molecular weight excluding hydrogens is 302 g/mol. The van der Waals surface area contributed by atoms with Crippen molar-refractivity contribution in [1.82, 2.24) is 14.9 Å². The second kappa shape index (κ2) is 8.23. The third-order valence-corrected chi connectivity index (χ3v) is 5.51. The number of rotatable bonds is 7. The number of aromatic nitrogens is 2. The predicted molar refractivity (Wildman–Crippen MR) is 96.3 cm³/mol. The molecule has 2 fully saturated rings. The van der Waals surface area contributed by atoms with E-state index < -0.39 is 0 Å². The molecule has 0 unspecified atom stereocenters. The van der Waals surface area contributed by atoms with Crippen LogP contribution in [0, 0.1) is 5.92 Å². The maximum absolute atomic E-state index is 5.90. The number of nitrogens with two attached hydrogens (primary N) is 1. The first kappa shape index (κ1) is 17.6. The van der Waals surface area contributed by atoms with Crippen LogP contribution < -0.4 is 10.6 Å². The molecule has 3 rings (SSSR count). The maximum Gasteiger partial charge on any atom is 0.131 e. The van der Waals surface area contributed by atoms with Gasteiger partial charge >= 0.3 is 0 Å². The molecule has 1 aliphatic heterocycles. The zero-order valence-corrected chi connectivity index (χ0v) is 15.0. The fraction of sp³-hybridized carbons (Fsp3) is 0.778. The molecule has 6 heteroatoms.